The molecule has 0 unspecified atom stereocenters. The van der Waals surface area contributed by atoms with Crippen LogP contribution in [0.25, 0.3) is 20.5 Å². The van der Waals surface area contributed by atoms with Crippen LogP contribution in [0.1, 0.15) is 34.8 Å². The van der Waals surface area contributed by atoms with Crippen molar-refractivity contribution in [3.8, 4) is 27.7 Å². The summed E-state index contributed by atoms with van der Waals surface area (Å²) in [4.78, 5) is 16.9. The van der Waals surface area contributed by atoms with E-state index in [1.807, 2.05) is 37.3 Å². The number of carbonyl (C=O) groups is 1. The van der Waals surface area contributed by atoms with Crippen LogP contribution in [0, 0.1) is 6.92 Å². The van der Waals surface area contributed by atoms with Gasteiger partial charge in [0.2, 0.25) is 0 Å². The van der Waals surface area contributed by atoms with E-state index >= 15 is 0 Å². The maximum atomic E-state index is 13.7. The van der Waals surface area contributed by atoms with Crippen molar-refractivity contribution < 1.29 is 19.7 Å². The van der Waals surface area contributed by atoms with Gasteiger partial charge in [0.1, 0.15) is 23.4 Å². The fraction of sp³-hybridized carbons (Fsp3) is 0.250. The molecule has 0 bridgehead atoms. The van der Waals surface area contributed by atoms with Gasteiger partial charge >= 0.3 is 0 Å². The minimum absolute atomic E-state index is 0.0799. The lowest BCUT2D eigenvalue weighted by Crippen LogP contribution is -2.53. The summed E-state index contributed by atoms with van der Waals surface area (Å²) in [6.45, 7) is 7.08. The van der Waals surface area contributed by atoms with E-state index in [9.17, 15) is 15.0 Å². The van der Waals surface area contributed by atoms with Crippen LogP contribution in [0.5, 0.6) is 17.2 Å². The molecule has 34 heavy (non-hydrogen) atoms. The maximum absolute atomic E-state index is 13.7. The number of aromatic hydroxyl groups is 2. The number of aryl methyl sites for hydroxylation is 1. The molecule has 3 aromatic carbocycles. The smallest absolute Gasteiger partial charge is 0.195 e. The molecule has 1 fully saturated rings. The summed E-state index contributed by atoms with van der Waals surface area (Å²) in [6.07, 6.45) is 1.34. The minimum atomic E-state index is -0.0799. The average Bonchev–Trinajstić information content (AvgIpc) is 3.15. The second kappa shape index (κ2) is 9.12. The highest BCUT2D eigenvalue weighted by Crippen LogP contribution is 2.42. The Morgan fingerprint density at radius 2 is 1.74 bits per heavy atom. The van der Waals surface area contributed by atoms with E-state index in [1.54, 1.807) is 30.3 Å². The standard InChI is InChI=1S/C28H27NO4S/c1-3-12-29-15-22(16-29)33-21-8-4-18(5-9-21)27(32)26-24-11-7-20(31)14-25(24)34-28(26)23-10-6-19(30)13-17(23)2/h4-11,13-14,22,30-31H,3,12,15-16H2,1-2H3. The van der Waals surface area contributed by atoms with E-state index in [4.69, 9.17) is 4.74 Å². The largest absolute Gasteiger partial charge is 0.508 e. The molecule has 0 atom stereocenters. The van der Waals surface area contributed by atoms with Gasteiger partial charge in [-0.2, -0.15) is 0 Å². The van der Waals surface area contributed by atoms with Gasteiger partial charge in [-0.05, 0) is 91.7 Å². The third-order valence-electron chi connectivity index (χ3n) is 6.24. The summed E-state index contributed by atoms with van der Waals surface area (Å²) in [7, 11) is 0. The number of phenolic OH excluding ortho intramolecular Hbond substituents is 2. The van der Waals surface area contributed by atoms with Crippen LogP contribution in [-0.2, 0) is 0 Å². The van der Waals surface area contributed by atoms with Crippen molar-refractivity contribution >= 4 is 27.2 Å². The van der Waals surface area contributed by atoms with E-state index in [0.717, 1.165) is 57.9 Å². The molecule has 6 heteroatoms. The molecule has 5 rings (SSSR count). The number of carbonyl (C=O) groups excluding carboxylic acids is 1. The van der Waals surface area contributed by atoms with Gasteiger partial charge in [-0.1, -0.05) is 6.92 Å². The Bertz CT molecular complexity index is 1350. The molecule has 1 saturated heterocycles. The van der Waals surface area contributed by atoms with Crippen molar-refractivity contribution in [1.29, 1.82) is 0 Å². The maximum Gasteiger partial charge on any atom is 0.195 e. The SMILES string of the molecule is CCCN1CC(Oc2ccc(C(=O)c3c(-c4ccc(O)cc4C)sc4cc(O)ccc34)cc2)C1. The van der Waals surface area contributed by atoms with Crippen molar-refractivity contribution in [2.24, 2.45) is 0 Å². The number of thiophene rings is 1. The summed E-state index contributed by atoms with van der Waals surface area (Å²) < 4.78 is 6.89. The molecule has 0 aliphatic carbocycles. The molecule has 0 radical (unpaired) electrons. The quantitative estimate of drug-likeness (QED) is 0.323. The molecule has 1 aliphatic heterocycles. The van der Waals surface area contributed by atoms with Crippen molar-refractivity contribution in [1.82, 2.24) is 4.90 Å². The number of ether oxygens (including phenoxy) is 1. The van der Waals surface area contributed by atoms with Gasteiger partial charge in [-0.3, -0.25) is 9.69 Å². The lowest BCUT2D eigenvalue weighted by Gasteiger charge is -2.38. The van der Waals surface area contributed by atoms with Gasteiger partial charge in [0.15, 0.2) is 5.78 Å². The van der Waals surface area contributed by atoms with Crippen LogP contribution in [0.2, 0.25) is 0 Å². The Labute approximate surface area is 202 Å². The van der Waals surface area contributed by atoms with Crippen molar-refractivity contribution in [2.75, 3.05) is 19.6 Å². The highest BCUT2D eigenvalue weighted by molar-refractivity contribution is 7.22. The molecule has 4 aromatic rings. The van der Waals surface area contributed by atoms with Crippen LogP contribution < -0.4 is 4.74 Å². The van der Waals surface area contributed by atoms with Gasteiger partial charge in [0.25, 0.3) is 0 Å². The number of likely N-dealkylation sites (tertiary alicyclic amines) is 1. The van der Waals surface area contributed by atoms with Crippen molar-refractivity contribution in [3.05, 3.63) is 77.4 Å². The summed E-state index contributed by atoms with van der Waals surface area (Å²) in [5.74, 6) is 1.04. The summed E-state index contributed by atoms with van der Waals surface area (Å²) in [6, 6.07) is 17.6. The lowest BCUT2D eigenvalue weighted by atomic mass is 9.96. The van der Waals surface area contributed by atoms with Gasteiger partial charge in [-0.25, -0.2) is 0 Å². The Morgan fingerprint density at radius 1 is 1.03 bits per heavy atom. The molecular weight excluding hydrogens is 446 g/mol. The third-order valence-corrected chi connectivity index (χ3v) is 7.42. The molecule has 5 nitrogen and oxygen atoms in total. The van der Waals surface area contributed by atoms with Crippen LogP contribution in [0.3, 0.4) is 0 Å². The normalized spacial score (nSPS) is 14.3. The summed E-state index contributed by atoms with van der Waals surface area (Å²) in [5.41, 5.74) is 2.96. The van der Waals surface area contributed by atoms with Crippen LogP contribution in [-0.4, -0.2) is 46.6 Å². The predicted molar refractivity (Wildman–Crippen MR) is 136 cm³/mol. The van der Waals surface area contributed by atoms with E-state index in [-0.39, 0.29) is 23.4 Å². The first-order valence-electron chi connectivity index (χ1n) is 11.5. The molecule has 0 spiro atoms. The zero-order valence-electron chi connectivity index (χ0n) is 19.2. The number of hydrogen-bond donors (Lipinski definition) is 2. The summed E-state index contributed by atoms with van der Waals surface area (Å²) >= 11 is 1.47. The summed E-state index contributed by atoms with van der Waals surface area (Å²) in [5, 5.41) is 20.7. The second-order valence-electron chi connectivity index (χ2n) is 8.84. The van der Waals surface area contributed by atoms with Gasteiger partial charge in [0, 0.05) is 39.2 Å². The number of rotatable bonds is 7. The molecule has 0 saturated carbocycles. The molecule has 1 aromatic heterocycles. The zero-order chi connectivity index (χ0) is 23.8. The first-order chi connectivity index (χ1) is 16.4. The Hall–Kier alpha value is -3.35. The Morgan fingerprint density at radius 3 is 2.44 bits per heavy atom. The van der Waals surface area contributed by atoms with E-state index < -0.39 is 0 Å². The Kier molecular flexibility index (Phi) is 6.02. The molecule has 2 N–H and O–H groups in total. The average molecular weight is 474 g/mol. The highest BCUT2D eigenvalue weighted by atomic mass is 32.1. The fourth-order valence-corrected chi connectivity index (χ4v) is 5.84. The zero-order valence-corrected chi connectivity index (χ0v) is 20.1. The van der Waals surface area contributed by atoms with Gasteiger partial charge in [0.05, 0.1) is 0 Å². The van der Waals surface area contributed by atoms with Crippen LogP contribution >= 0.6 is 11.3 Å². The number of ketones is 1. The lowest BCUT2D eigenvalue weighted by molar-refractivity contribution is 0.0202. The number of fused-ring (bicyclic) bond motifs is 1. The Balaban J connectivity index is 1.47. The van der Waals surface area contributed by atoms with Gasteiger partial charge < -0.3 is 14.9 Å². The third kappa shape index (κ3) is 4.27. The van der Waals surface area contributed by atoms with Gasteiger partial charge in [-0.15, -0.1) is 11.3 Å². The van der Waals surface area contributed by atoms with E-state index in [1.165, 1.54) is 11.3 Å². The minimum Gasteiger partial charge on any atom is -0.508 e. The number of hydrogen-bond acceptors (Lipinski definition) is 6. The predicted octanol–water partition coefficient (Wildman–Crippen LogP) is 5.99. The van der Waals surface area contributed by atoms with E-state index in [2.05, 4.69) is 11.8 Å². The number of nitrogens with zero attached hydrogens (tertiary/aromatic N) is 1. The van der Waals surface area contributed by atoms with Crippen molar-refractivity contribution in [3.63, 3.8) is 0 Å². The molecule has 2 heterocycles. The molecule has 174 valence electrons. The topological polar surface area (TPSA) is 70.0 Å². The number of phenols is 2. The monoisotopic (exact) mass is 473 g/mol. The fourth-order valence-electron chi connectivity index (χ4n) is 4.52. The van der Waals surface area contributed by atoms with Crippen LogP contribution in [0.4, 0.5) is 0 Å². The molecular formula is C28H27NO4S. The second-order valence-corrected chi connectivity index (χ2v) is 9.89. The van der Waals surface area contributed by atoms with Crippen LogP contribution in [0.15, 0.2) is 60.7 Å². The van der Waals surface area contributed by atoms with E-state index in [0.29, 0.717) is 11.1 Å². The number of benzene rings is 3. The van der Waals surface area contributed by atoms with Crippen molar-refractivity contribution in [2.45, 2.75) is 26.4 Å². The first kappa shape index (κ1) is 22.4. The highest BCUT2D eigenvalue weighted by Gasteiger charge is 2.28. The molecule has 0 amide bonds. The first-order valence-corrected chi connectivity index (χ1v) is 12.3. The molecule has 1 aliphatic rings.